The Labute approximate surface area is 112 Å². The van der Waals surface area contributed by atoms with Gasteiger partial charge in [0.05, 0.1) is 18.3 Å². The first-order valence-corrected chi connectivity index (χ1v) is 7.75. The van der Waals surface area contributed by atoms with Crippen LogP contribution in [0.1, 0.15) is 52.9 Å². The van der Waals surface area contributed by atoms with Crippen LogP contribution < -0.4 is 5.32 Å². The first kappa shape index (κ1) is 14.3. The standard InChI is InChI=1S/C15H29NO2/c1-4-16-13-10-14(15(13)17-5-2)18-12-8-6-7-11(3)9-12/h11-16H,4-10H2,1-3H3. The Morgan fingerprint density at radius 2 is 2.00 bits per heavy atom. The summed E-state index contributed by atoms with van der Waals surface area (Å²) in [5.74, 6) is 0.832. The van der Waals surface area contributed by atoms with Crippen LogP contribution in [0.4, 0.5) is 0 Å². The minimum absolute atomic E-state index is 0.271. The third-order valence-corrected chi connectivity index (χ3v) is 4.33. The molecule has 18 heavy (non-hydrogen) atoms. The summed E-state index contributed by atoms with van der Waals surface area (Å²) in [5.41, 5.74) is 0. The lowest BCUT2D eigenvalue weighted by Gasteiger charge is -2.46. The van der Waals surface area contributed by atoms with Crippen molar-refractivity contribution in [2.45, 2.75) is 77.2 Å². The van der Waals surface area contributed by atoms with Gasteiger partial charge in [0, 0.05) is 12.6 Å². The SMILES string of the molecule is CCNC1CC(OC2CCCC(C)C2)C1OCC. The Morgan fingerprint density at radius 1 is 1.17 bits per heavy atom. The molecule has 0 aromatic rings. The summed E-state index contributed by atoms with van der Waals surface area (Å²) in [6.45, 7) is 8.37. The highest BCUT2D eigenvalue weighted by Crippen LogP contribution is 2.33. The predicted octanol–water partition coefficient (Wildman–Crippen LogP) is 2.74. The van der Waals surface area contributed by atoms with Gasteiger partial charge in [0.1, 0.15) is 0 Å². The topological polar surface area (TPSA) is 30.5 Å². The number of hydrogen-bond donors (Lipinski definition) is 1. The molecule has 3 nitrogen and oxygen atoms in total. The molecular weight excluding hydrogens is 226 g/mol. The van der Waals surface area contributed by atoms with Crippen molar-refractivity contribution in [1.29, 1.82) is 0 Å². The molecule has 0 amide bonds. The Bertz CT molecular complexity index is 247. The summed E-state index contributed by atoms with van der Waals surface area (Å²) >= 11 is 0. The first-order valence-electron chi connectivity index (χ1n) is 7.75. The second kappa shape index (κ2) is 6.88. The summed E-state index contributed by atoms with van der Waals surface area (Å²) in [7, 11) is 0. The molecule has 2 fully saturated rings. The second-order valence-electron chi connectivity index (χ2n) is 5.89. The summed E-state index contributed by atoms with van der Waals surface area (Å²) in [6, 6.07) is 0.501. The van der Waals surface area contributed by atoms with E-state index in [4.69, 9.17) is 9.47 Å². The molecule has 0 aliphatic heterocycles. The number of rotatable bonds is 6. The van der Waals surface area contributed by atoms with Gasteiger partial charge in [0.25, 0.3) is 0 Å². The van der Waals surface area contributed by atoms with E-state index in [2.05, 4.69) is 26.1 Å². The zero-order chi connectivity index (χ0) is 13.0. The van der Waals surface area contributed by atoms with Crippen molar-refractivity contribution >= 4 is 0 Å². The molecular formula is C15H29NO2. The van der Waals surface area contributed by atoms with Crippen LogP contribution in [0.5, 0.6) is 0 Å². The molecule has 2 aliphatic carbocycles. The molecule has 0 spiro atoms. The van der Waals surface area contributed by atoms with Crippen LogP contribution in [-0.4, -0.2) is 37.5 Å². The van der Waals surface area contributed by atoms with Gasteiger partial charge >= 0.3 is 0 Å². The Morgan fingerprint density at radius 3 is 2.67 bits per heavy atom. The molecule has 5 atom stereocenters. The lowest BCUT2D eigenvalue weighted by atomic mass is 9.83. The van der Waals surface area contributed by atoms with Crippen LogP contribution in [0, 0.1) is 5.92 Å². The van der Waals surface area contributed by atoms with E-state index in [0.29, 0.717) is 18.2 Å². The molecule has 0 radical (unpaired) electrons. The molecule has 0 aromatic heterocycles. The maximum absolute atomic E-state index is 6.27. The quantitative estimate of drug-likeness (QED) is 0.791. The fourth-order valence-electron chi connectivity index (χ4n) is 3.34. The van der Waals surface area contributed by atoms with E-state index >= 15 is 0 Å². The van der Waals surface area contributed by atoms with E-state index in [0.717, 1.165) is 25.5 Å². The normalized spacial score (nSPS) is 40.5. The third kappa shape index (κ3) is 3.46. The van der Waals surface area contributed by atoms with Crippen molar-refractivity contribution in [3.05, 3.63) is 0 Å². The van der Waals surface area contributed by atoms with Crippen LogP contribution in [0.2, 0.25) is 0 Å². The highest BCUT2D eigenvalue weighted by molar-refractivity contribution is 4.97. The van der Waals surface area contributed by atoms with Crippen LogP contribution in [0.15, 0.2) is 0 Å². The first-order chi connectivity index (χ1) is 8.74. The largest absolute Gasteiger partial charge is 0.374 e. The highest BCUT2D eigenvalue weighted by Gasteiger charge is 2.43. The molecule has 1 N–H and O–H groups in total. The average Bonchev–Trinajstić information content (AvgIpc) is 2.35. The van der Waals surface area contributed by atoms with Gasteiger partial charge in [-0.25, -0.2) is 0 Å². The van der Waals surface area contributed by atoms with Gasteiger partial charge in [-0.2, -0.15) is 0 Å². The third-order valence-electron chi connectivity index (χ3n) is 4.33. The van der Waals surface area contributed by atoms with Crippen molar-refractivity contribution in [3.8, 4) is 0 Å². The summed E-state index contributed by atoms with van der Waals surface area (Å²) in [5, 5.41) is 3.49. The van der Waals surface area contributed by atoms with E-state index in [1.807, 2.05) is 0 Å². The maximum Gasteiger partial charge on any atom is 0.0990 e. The van der Waals surface area contributed by atoms with Crippen molar-refractivity contribution < 1.29 is 9.47 Å². The van der Waals surface area contributed by atoms with Crippen LogP contribution >= 0.6 is 0 Å². The van der Waals surface area contributed by atoms with Crippen LogP contribution in [-0.2, 0) is 9.47 Å². The Hall–Kier alpha value is -0.120. The number of nitrogens with one attached hydrogen (secondary N) is 1. The molecule has 0 saturated heterocycles. The fraction of sp³-hybridized carbons (Fsp3) is 1.00. The van der Waals surface area contributed by atoms with Gasteiger partial charge < -0.3 is 14.8 Å². The highest BCUT2D eigenvalue weighted by atomic mass is 16.6. The monoisotopic (exact) mass is 255 g/mol. The lowest BCUT2D eigenvalue weighted by Crippen LogP contribution is -2.60. The summed E-state index contributed by atoms with van der Waals surface area (Å²) in [4.78, 5) is 0. The van der Waals surface area contributed by atoms with E-state index in [1.165, 1.54) is 25.7 Å². The molecule has 0 heterocycles. The average molecular weight is 255 g/mol. The number of hydrogen-bond acceptors (Lipinski definition) is 3. The fourth-order valence-corrected chi connectivity index (χ4v) is 3.34. The zero-order valence-corrected chi connectivity index (χ0v) is 12.2. The van der Waals surface area contributed by atoms with Gasteiger partial charge in [-0.3, -0.25) is 0 Å². The molecule has 2 saturated carbocycles. The molecule has 2 rings (SSSR count). The molecule has 0 bridgehead atoms. The van der Waals surface area contributed by atoms with Gasteiger partial charge in [-0.1, -0.05) is 26.7 Å². The number of likely N-dealkylation sites (N-methyl/N-ethyl adjacent to an activating group) is 1. The maximum atomic E-state index is 6.27. The van der Waals surface area contributed by atoms with Crippen LogP contribution in [0.3, 0.4) is 0 Å². The second-order valence-corrected chi connectivity index (χ2v) is 5.89. The Kier molecular flexibility index (Phi) is 5.46. The van der Waals surface area contributed by atoms with E-state index < -0.39 is 0 Å². The van der Waals surface area contributed by atoms with E-state index in [9.17, 15) is 0 Å². The van der Waals surface area contributed by atoms with Crippen molar-refractivity contribution in [3.63, 3.8) is 0 Å². The van der Waals surface area contributed by atoms with Gasteiger partial charge in [0.15, 0.2) is 0 Å². The summed E-state index contributed by atoms with van der Waals surface area (Å²) < 4.78 is 12.1. The van der Waals surface area contributed by atoms with Crippen molar-refractivity contribution in [1.82, 2.24) is 5.32 Å². The van der Waals surface area contributed by atoms with E-state index in [-0.39, 0.29) is 6.10 Å². The predicted molar refractivity (Wildman–Crippen MR) is 73.8 cm³/mol. The Balaban J connectivity index is 1.78. The smallest absolute Gasteiger partial charge is 0.0990 e. The minimum Gasteiger partial charge on any atom is -0.374 e. The van der Waals surface area contributed by atoms with Crippen molar-refractivity contribution in [2.24, 2.45) is 5.92 Å². The van der Waals surface area contributed by atoms with Gasteiger partial charge in [-0.05, 0) is 38.6 Å². The molecule has 2 aliphatic rings. The molecule has 106 valence electrons. The van der Waals surface area contributed by atoms with Crippen LogP contribution in [0.25, 0.3) is 0 Å². The van der Waals surface area contributed by atoms with Crippen molar-refractivity contribution in [2.75, 3.05) is 13.2 Å². The zero-order valence-electron chi connectivity index (χ0n) is 12.2. The van der Waals surface area contributed by atoms with E-state index in [1.54, 1.807) is 0 Å². The van der Waals surface area contributed by atoms with Gasteiger partial charge in [-0.15, -0.1) is 0 Å². The lowest BCUT2D eigenvalue weighted by molar-refractivity contribution is -0.172. The number of ether oxygens (including phenoxy) is 2. The molecule has 3 heteroatoms. The molecule has 0 aromatic carbocycles. The van der Waals surface area contributed by atoms with Gasteiger partial charge in [0.2, 0.25) is 0 Å². The minimum atomic E-state index is 0.271. The summed E-state index contributed by atoms with van der Waals surface area (Å²) in [6.07, 6.45) is 7.37. The molecule has 5 unspecified atom stereocenters.